The van der Waals surface area contributed by atoms with Gasteiger partial charge in [-0.3, -0.25) is 4.31 Å². The molecular weight excluding hydrogens is 415 g/mol. The number of carbonyl (C=O) groups excluding carboxylic acids is 1. The fourth-order valence-electron chi connectivity index (χ4n) is 4.50. The molecule has 29 heavy (non-hydrogen) atoms. The van der Waals surface area contributed by atoms with Crippen molar-refractivity contribution in [2.24, 2.45) is 5.92 Å². The van der Waals surface area contributed by atoms with Crippen LogP contribution >= 0.6 is 0 Å². The normalized spacial score (nSPS) is 32.0. The van der Waals surface area contributed by atoms with Gasteiger partial charge in [0.15, 0.2) is 0 Å². The van der Waals surface area contributed by atoms with Crippen molar-refractivity contribution in [2.45, 2.75) is 36.1 Å². The van der Waals surface area contributed by atoms with Gasteiger partial charge in [-0.15, -0.1) is 0 Å². The smallest absolute Gasteiger partial charge is 0.417 e. The summed E-state index contributed by atoms with van der Waals surface area (Å²) in [4.78, 5) is 11.5. The molecule has 2 bridgehead atoms. The van der Waals surface area contributed by atoms with Gasteiger partial charge in [-0.25, -0.2) is 13.2 Å². The van der Waals surface area contributed by atoms with E-state index in [9.17, 15) is 26.4 Å². The Morgan fingerprint density at radius 2 is 2.14 bits per heavy atom. The first kappa shape index (κ1) is 19.8. The van der Waals surface area contributed by atoms with E-state index in [1.165, 1.54) is 19.2 Å². The van der Waals surface area contributed by atoms with E-state index in [1.807, 2.05) is 0 Å². The lowest BCUT2D eigenvalue weighted by Crippen LogP contribution is -2.48. The number of alkyl halides is 3. The number of hydrogen-bond donors (Lipinski definition) is 1. The first-order valence-corrected chi connectivity index (χ1v) is 10.2. The van der Waals surface area contributed by atoms with Crippen LogP contribution in [0.15, 0.2) is 18.2 Å². The zero-order valence-electron chi connectivity index (χ0n) is 15.0. The van der Waals surface area contributed by atoms with E-state index in [-0.39, 0.29) is 18.7 Å². The number of sulfonamides is 1. The van der Waals surface area contributed by atoms with Gasteiger partial charge in [-0.05, 0) is 24.6 Å². The molecule has 0 aromatic heterocycles. The van der Waals surface area contributed by atoms with Crippen LogP contribution < -0.4 is 9.62 Å². The molecule has 3 fully saturated rings. The van der Waals surface area contributed by atoms with Gasteiger partial charge in [0.25, 0.3) is 0 Å². The summed E-state index contributed by atoms with van der Waals surface area (Å²) in [5.74, 6) is -0.508. The number of methoxy groups -OCH3 is 1. The van der Waals surface area contributed by atoms with Crippen molar-refractivity contribution >= 4 is 21.8 Å². The number of benzene rings is 1. The van der Waals surface area contributed by atoms with Crippen LogP contribution in [0.1, 0.15) is 17.5 Å². The van der Waals surface area contributed by atoms with E-state index in [2.05, 4.69) is 10.1 Å². The highest BCUT2D eigenvalue weighted by Gasteiger charge is 2.64. The number of amides is 1. The second-order valence-electron chi connectivity index (χ2n) is 7.16. The van der Waals surface area contributed by atoms with Gasteiger partial charge in [0, 0.05) is 12.5 Å². The first-order valence-electron chi connectivity index (χ1n) is 8.70. The summed E-state index contributed by atoms with van der Waals surface area (Å²) in [7, 11) is -2.77. The number of carbonyl (C=O) groups is 1. The first-order chi connectivity index (χ1) is 13.6. The third-order valence-electron chi connectivity index (χ3n) is 5.66. The number of rotatable bonds is 2. The molecule has 3 heterocycles. The molecule has 0 unspecified atom stereocenters. The molecule has 4 rings (SSSR count). The summed E-state index contributed by atoms with van der Waals surface area (Å²) in [6.07, 6.45) is -6.43. The molecule has 8 nitrogen and oxygen atoms in total. The zero-order chi connectivity index (χ0) is 21.1. The molecule has 1 N–H and O–H groups in total. The van der Waals surface area contributed by atoms with Gasteiger partial charge in [0.1, 0.15) is 5.25 Å². The molecule has 1 aromatic rings. The summed E-state index contributed by atoms with van der Waals surface area (Å²) in [5, 5.41) is 10.6. The van der Waals surface area contributed by atoms with Crippen LogP contribution in [0.3, 0.4) is 0 Å². The lowest BCUT2D eigenvalue weighted by molar-refractivity contribution is -0.137. The monoisotopic (exact) mass is 431 g/mol. The van der Waals surface area contributed by atoms with Crippen molar-refractivity contribution < 1.29 is 35.9 Å². The molecule has 3 saturated heterocycles. The van der Waals surface area contributed by atoms with Crippen LogP contribution in [0, 0.1) is 17.2 Å². The number of fused-ring (bicyclic) bond motifs is 5. The Balaban J connectivity index is 1.66. The largest absolute Gasteiger partial charge is 0.453 e. The Morgan fingerprint density at radius 1 is 1.41 bits per heavy atom. The molecule has 12 heteroatoms. The Kier molecular flexibility index (Phi) is 4.43. The fraction of sp³-hybridized carbons (Fsp3) is 0.529. The average molecular weight is 431 g/mol. The fourth-order valence-corrected chi connectivity index (χ4v) is 6.82. The van der Waals surface area contributed by atoms with Crippen LogP contribution in [-0.4, -0.2) is 51.7 Å². The minimum atomic E-state index is -4.79. The molecule has 0 radical (unpaired) electrons. The Labute approximate surface area is 164 Å². The second kappa shape index (κ2) is 6.50. The number of ether oxygens (including phenoxy) is 2. The molecule has 0 saturated carbocycles. The maximum atomic E-state index is 13.3. The highest BCUT2D eigenvalue weighted by molar-refractivity contribution is 7.93. The summed E-state index contributed by atoms with van der Waals surface area (Å²) < 4.78 is 77.2. The quantitative estimate of drug-likeness (QED) is 0.762. The van der Waals surface area contributed by atoms with Crippen LogP contribution in [0.25, 0.3) is 0 Å². The van der Waals surface area contributed by atoms with Gasteiger partial charge < -0.3 is 14.8 Å². The highest BCUT2D eigenvalue weighted by atomic mass is 32.2. The summed E-state index contributed by atoms with van der Waals surface area (Å²) in [6.45, 7) is -0.0727. The maximum Gasteiger partial charge on any atom is 0.417 e. The van der Waals surface area contributed by atoms with Crippen LogP contribution in [-0.2, 0) is 25.7 Å². The summed E-state index contributed by atoms with van der Waals surface area (Å²) in [5.41, 5.74) is -1.92. The predicted molar refractivity (Wildman–Crippen MR) is 92.3 cm³/mol. The van der Waals surface area contributed by atoms with Crippen molar-refractivity contribution in [3.8, 4) is 6.07 Å². The van der Waals surface area contributed by atoms with Crippen LogP contribution in [0.5, 0.6) is 0 Å². The Bertz CT molecular complexity index is 1010. The number of nitrogens with one attached hydrogen (secondary N) is 1. The molecule has 3 aliphatic heterocycles. The number of nitriles is 1. The number of nitrogens with zero attached hydrogens (tertiary/aromatic N) is 2. The van der Waals surface area contributed by atoms with Crippen LogP contribution in [0.2, 0.25) is 0 Å². The lowest BCUT2D eigenvalue weighted by atomic mass is 9.85. The SMILES string of the molecule is COC(=O)N[C@@H]1C[C@H]2O[C@@H]1[C@@H]1CN(c3ccc(C#N)c(C(F)(F)F)c3)S(=O)(=O)[C@@H]12. The maximum absolute atomic E-state index is 13.3. The third-order valence-corrected chi connectivity index (χ3v) is 7.97. The van der Waals surface area contributed by atoms with Crippen molar-refractivity contribution in [2.75, 3.05) is 18.0 Å². The molecular formula is C17H16F3N3O5S. The Morgan fingerprint density at radius 3 is 2.76 bits per heavy atom. The van der Waals surface area contributed by atoms with Gasteiger partial charge in [0.2, 0.25) is 10.0 Å². The van der Waals surface area contributed by atoms with E-state index in [0.717, 1.165) is 10.4 Å². The summed E-state index contributed by atoms with van der Waals surface area (Å²) in [6, 6.07) is 3.88. The zero-order valence-corrected chi connectivity index (χ0v) is 15.8. The minimum absolute atomic E-state index is 0.0727. The summed E-state index contributed by atoms with van der Waals surface area (Å²) >= 11 is 0. The number of alkyl carbamates (subject to hydrolysis) is 1. The minimum Gasteiger partial charge on any atom is -0.453 e. The second-order valence-corrected chi connectivity index (χ2v) is 9.18. The molecule has 156 valence electrons. The number of halogens is 3. The average Bonchev–Trinajstić information content (AvgIpc) is 3.30. The Hall–Kier alpha value is -2.52. The molecule has 1 amide bonds. The van der Waals surface area contributed by atoms with Gasteiger partial charge in [-0.2, -0.15) is 18.4 Å². The van der Waals surface area contributed by atoms with Crippen molar-refractivity contribution in [1.82, 2.24) is 5.32 Å². The van der Waals surface area contributed by atoms with Gasteiger partial charge in [-0.1, -0.05) is 0 Å². The van der Waals surface area contributed by atoms with Crippen LogP contribution in [0.4, 0.5) is 23.7 Å². The standard InChI is InChI=1S/C17H16F3N3O5S/c1-27-16(24)22-12-5-13-15-10(14(12)28-13)7-23(29(15,25)26)9-3-2-8(6-21)11(4-9)17(18,19)20/h2-4,10,12-15H,5,7H2,1H3,(H,22,24)/t10-,12+,13+,14+,15-/m0/s1. The molecule has 0 spiro atoms. The van der Waals surface area contributed by atoms with Gasteiger partial charge >= 0.3 is 12.3 Å². The van der Waals surface area contributed by atoms with Crippen molar-refractivity contribution in [1.29, 1.82) is 5.26 Å². The molecule has 3 aliphatic rings. The number of hydrogen-bond acceptors (Lipinski definition) is 6. The van der Waals surface area contributed by atoms with E-state index in [4.69, 9.17) is 10.00 Å². The van der Waals surface area contributed by atoms with E-state index >= 15 is 0 Å². The molecule has 0 aliphatic carbocycles. The number of anilines is 1. The van der Waals surface area contributed by atoms with Gasteiger partial charge in [0.05, 0.1) is 48.2 Å². The highest BCUT2D eigenvalue weighted by Crippen LogP contribution is 2.49. The third kappa shape index (κ3) is 3.00. The predicted octanol–water partition coefficient (Wildman–Crippen LogP) is 1.61. The molecule has 5 atom stereocenters. The van der Waals surface area contributed by atoms with E-state index < -0.39 is 62.8 Å². The van der Waals surface area contributed by atoms with Crippen molar-refractivity contribution in [3.05, 3.63) is 29.3 Å². The lowest BCUT2D eigenvalue weighted by Gasteiger charge is -2.25. The topological polar surface area (TPSA) is 109 Å². The van der Waals surface area contributed by atoms with Crippen molar-refractivity contribution in [3.63, 3.8) is 0 Å². The van der Waals surface area contributed by atoms with E-state index in [1.54, 1.807) is 0 Å². The molecule has 1 aromatic carbocycles. The van der Waals surface area contributed by atoms with E-state index in [0.29, 0.717) is 6.07 Å².